The second kappa shape index (κ2) is 5.90. The Bertz CT molecular complexity index is 367. The summed E-state index contributed by atoms with van der Waals surface area (Å²) in [6.07, 6.45) is 6.78. The number of nitrogens with one attached hydrogen (secondary N) is 1. The maximum Gasteiger partial charge on any atom is 0.0383 e. The highest BCUT2D eigenvalue weighted by molar-refractivity contribution is 9.10. The Kier molecular flexibility index (Phi) is 4.49. The second-order valence-corrected chi connectivity index (χ2v) is 6.15. The van der Waals surface area contributed by atoms with E-state index in [-0.39, 0.29) is 0 Å². The van der Waals surface area contributed by atoms with Gasteiger partial charge in [0.2, 0.25) is 0 Å². The number of benzene rings is 1. The van der Waals surface area contributed by atoms with Gasteiger partial charge in [-0.25, -0.2) is 0 Å². The Morgan fingerprint density at radius 1 is 1.24 bits per heavy atom. The molecular weight excluding hydrogens is 274 g/mol. The van der Waals surface area contributed by atoms with Crippen LogP contribution in [0.2, 0.25) is 0 Å². The van der Waals surface area contributed by atoms with Gasteiger partial charge in [-0.1, -0.05) is 35.3 Å². The van der Waals surface area contributed by atoms with Gasteiger partial charge in [-0.3, -0.25) is 0 Å². The molecule has 0 aliphatic heterocycles. The van der Waals surface area contributed by atoms with Crippen LogP contribution in [0.25, 0.3) is 0 Å². The minimum atomic E-state index is 0.672. The van der Waals surface area contributed by atoms with Crippen molar-refractivity contribution in [1.29, 1.82) is 0 Å². The van der Waals surface area contributed by atoms with Crippen LogP contribution in [0, 0.1) is 12.8 Å². The average molecular weight is 296 g/mol. The van der Waals surface area contributed by atoms with E-state index < -0.39 is 0 Å². The molecule has 94 valence electrons. The third-order valence-corrected chi connectivity index (χ3v) is 4.48. The lowest BCUT2D eigenvalue weighted by molar-refractivity contribution is 0.330. The van der Waals surface area contributed by atoms with Gasteiger partial charge >= 0.3 is 0 Å². The normalized spacial score (nSPS) is 24.6. The second-order valence-electron chi connectivity index (χ2n) is 5.23. The van der Waals surface area contributed by atoms with E-state index in [9.17, 15) is 0 Å². The predicted molar refractivity (Wildman–Crippen MR) is 78.5 cm³/mol. The van der Waals surface area contributed by atoms with Crippen molar-refractivity contribution in [3.63, 3.8) is 0 Å². The molecule has 1 aromatic carbocycles. The Balaban J connectivity index is 1.95. The highest BCUT2D eigenvalue weighted by atomic mass is 79.9. The van der Waals surface area contributed by atoms with Crippen molar-refractivity contribution in [2.24, 2.45) is 5.92 Å². The lowest BCUT2D eigenvalue weighted by Crippen LogP contribution is -2.26. The molecule has 0 spiro atoms. The van der Waals surface area contributed by atoms with Gasteiger partial charge in [0.25, 0.3) is 0 Å². The Labute approximate surface area is 113 Å². The van der Waals surface area contributed by atoms with Crippen LogP contribution in [-0.2, 0) is 0 Å². The molecule has 0 heterocycles. The first-order chi connectivity index (χ1) is 8.19. The summed E-state index contributed by atoms with van der Waals surface area (Å²) in [7, 11) is 0. The summed E-state index contributed by atoms with van der Waals surface area (Å²) in [5, 5.41) is 3.70. The highest BCUT2D eigenvalue weighted by Gasteiger charge is 2.19. The zero-order valence-corrected chi connectivity index (χ0v) is 12.4. The molecule has 1 aliphatic carbocycles. The highest BCUT2D eigenvalue weighted by Crippen LogP contribution is 2.30. The number of hydrogen-bond donors (Lipinski definition) is 1. The van der Waals surface area contributed by atoms with Crippen molar-refractivity contribution >= 4 is 21.6 Å². The molecular formula is C15H22BrN. The van der Waals surface area contributed by atoms with Crippen LogP contribution in [-0.4, -0.2) is 6.04 Å². The van der Waals surface area contributed by atoms with Gasteiger partial charge in [0.05, 0.1) is 0 Å². The smallest absolute Gasteiger partial charge is 0.0383 e. The number of halogens is 1. The fourth-order valence-electron chi connectivity index (χ4n) is 2.68. The van der Waals surface area contributed by atoms with Crippen LogP contribution in [0.3, 0.4) is 0 Å². The predicted octanol–water partition coefficient (Wildman–Crippen LogP) is 5.14. The van der Waals surface area contributed by atoms with E-state index in [1.807, 2.05) is 0 Å². The first kappa shape index (κ1) is 12.9. The molecule has 2 rings (SSSR count). The van der Waals surface area contributed by atoms with Gasteiger partial charge in [-0.15, -0.1) is 0 Å². The van der Waals surface area contributed by atoms with E-state index in [0.29, 0.717) is 6.04 Å². The van der Waals surface area contributed by atoms with E-state index in [1.54, 1.807) is 0 Å². The molecule has 1 saturated carbocycles. The average Bonchev–Trinajstić information content (AvgIpc) is 2.35. The first-order valence-electron chi connectivity index (χ1n) is 6.71. The molecule has 1 aromatic rings. The van der Waals surface area contributed by atoms with E-state index in [2.05, 4.69) is 53.3 Å². The van der Waals surface area contributed by atoms with Gasteiger partial charge in [0.15, 0.2) is 0 Å². The third kappa shape index (κ3) is 3.48. The van der Waals surface area contributed by atoms with E-state index in [1.165, 1.54) is 43.4 Å². The lowest BCUT2D eigenvalue weighted by atomic mass is 9.84. The summed E-state index contributed by atoms with van der Waals surface area (Å²) in [6.45, 7) is 4.49. The Hall–Kier alpha value is -0.500. The van der Waals surface area contributed by atoms with E-state index >= 15 is 0 Å². The van der Waals surface area contributed by atoms with Crippen molar-refractivity contribution in [3.8, 4) is 0 Å². The Morgan fingerprint density at radius 3 is 2.59 bits per heavy atom. The summed E-state index contributed by atoms with van der Waals surface area (Å²) < 4.78 is 1.16. The molecule has 0 unspecified atom stereocenters. The van der Waals surface area contributed by atoms with Crippen molar-refractivity contribution in [2.75, 3.05) is 5.32 Å². The summed E-state index contributed by atoms with van der Waals surface area (Å²) >= 11 is 3.54. The molecule has 1 nitrogen and oxygen atoms in total. The molecule has 0 radical (unpaired) electrons. The third-order valence-electron chi connectivity index (χ3n) is 3.98. The van der Waals surface area contributed by atoms with E-state index in [0.717, 1.165) is 10.4 Å². The van der Waals surface area contributed by atoms with Crippen LogP contribution < -0.4 is 5.32 Å². The standard InChI is InChI=1S/C15H22BrN/c1-3-12-5-8-14(9-6-12)17-15-10-13(16)7-4-11(15)2/h4,7,10,12,14,17H,3,5-6,8-9H2,1-2H3. The van der Waals surface area contributed by atoms with E-state index in [4.69, 9.17) is 0 Å². The molecule has 1 aliphatic rings. The van der Waals surface area contributed by atoms with Crippen LogP contribution in [0.1, 0.15) is 44.6 Å². The molecule has 0 amide bonds. The van der Waals surface area contributed by atoms with Crippen LogP contribution in [0.5, 0.6) is 0 Å². The minimum absolute atomic E-state index is 0.672. The van der Waals surface area contributed by atoms with Gasteiger partial charge in [-0.2, -0.15) is 0 Å². The van der Waals surface area contributed by atoms with Crippen LogP contribution in [0.15, 0.2) is 22.7 Å². The maximum atomic E-state index is 3.70. The quantitative estimate of drug-likeness (QED) is 0.814. The van der Waals surface area contributed by atoms with Crippen LogP contribution >= 0.6 is 15.9 Å². The number of rotatable bonds is 3. The zero-order valence-electron chi connectivity index (χ0n) is 10.8. The SMILES string of the molecule is CCC1CCC(Nc2cc(Br)ccc2C)CC1. The fourth-order valence-corrected chi connectivity index (χ4v) is 3.05. The molecule has 1 N–H and O–H groups in total. The largest absolute Gasteiger partial charge is 0.382 e. The molecule has 0 atom stereocenters. The van der Waals surface area contributed by atoms with Crippen molar-refractivity contribution in [2.45, 2.75) is 52.0 Å². The lowest BCUT2D eigenvalue weighted by Gasteiger charge is -2.29. The minimum Gasteiger partial charge on any atom is -0.382 e. The summed E-state index contributed by atoms with van der Waals surface area (Å²) in [4.78, 5) is 0. The number of hydrogen-bond acceptors (Lipinski definition) is 1. The molecule has 17 heavy (non-hydrogen) atoms. The van der Waals surface area contributed by atoms with Gasteiger partial charge in [0, 0.05) is 16.2 Å². The summed E-state index contributed by atoms with van der Waals surface area (Å²) in [5.74, 6) is 0.969. The Morgan fingerprint density at radius 2 is 1.94 bits per heavy atom. The topological polar surface area (TPSA) is 12.0 Å². The molecule has 1 fully saturated rings. The van der Waals surface area contributed by atoms with Crippen molar-refractivity contribution < 1.29 is 0 Å². The van der Waals surface area contributed by atoms with Crippen molar-refractivity contribution in [1.82, 2.24) is 0 Å². The zero-order chi connectivity index (χ0) is 12.3. The van der Waals surface area contributed by atoms with Gasteiger partial charge in [-0.05, 0) is 56.2 Å². The van der Waals surface area contributed by atoms with Gasteiger partial charge in [0.1, 0.15) is 0 Å². The number of anilines is 1. The number of aryl methyl sites for hydroxylation is 1. The van der Waals surface area contributed by atoms with Gasteiger partial charge < -0.3 is 5.32 Å². The fraction of sp³-hybridized carbons (Fsp3) is 0.600. The summed E-state index contributed by atoms with van der Waals surface area (Å²) in [6, 6.07) is 7.14. The monoisotopic (exact) mass is 295 g/mol. The molecule has 0 saturated heterocycles. The van der Waals surface area contributed by atoms with Crippen LogP contribution in [0.4, 0.5) is 5.69 Å². The van der Waals surface area contributed by atoms with Crippen molar-refractivity contribution in [3.05, 3.63) is 28.2 Å². The summed E-state index contributed by atoms with van der Waals surface area (Å²) in [5.41, 5.74) is 2.63. The maximum absolute atomic E-state index is 3.70. The molecule has 2 heteroatoms. The molecule has 0 bridgehead atoms. The first-order valence-corrected chi connectivity index (χ1v) is 7.51. The molecule has 0 aromatic heterocycles.